The first-order valence-electron chi connectivity index (χ1n) is 12.6. The van der Waals surface area contributed by atoms with Crippen LogP contribution < -0.4 is 10.6 Å². The van der Waals surface area contributed by atoms with E-state index in [-0.39, 0.29) is 28.7 Å². The van der Waals surface area contributed by atoms with Crippen molar-refractivity contribution >= 4 is 22.6 Å². The summed E-state index contributed by atoms with van der Waals surface area (Å²) in [5, 5.41) is 7.15. The molecule has 192 valence electrons. The van der Waals surface area contributed by atoms with Gasteiger partial charge in [-0.3, -0.25) is 4.79 Å². The quantitative estimate of drug-likeness (QED) is 0.567. The van der Waals surface area contributed by atoms with Gasteiger partial charge < -0.3 is 15.5 Å². The van der Waals surface area contributed by atoms with Gasteiger partial charge in [0.25, 0.3) is 0 Å². The molecule has 0 spiro atoms. The van der Waals surface area contributed by atoms with Crippen molar-refractivity contribution in [2.75, 3.05) is 11.9 Å². The van der Waals surface area contributed by atoms with E-state index in [2.05, 4.69) is 48.3 Å². The lowest BCUT2D eigenvalue weighted by Crippen LogP contribution is -2.52. The molecule has 2 fully saturated rings. The number of nitrogens with zero attached hydrogens (tertiary/aromatic N) is 3. The minimum atomic E-state index is -4.46. The van der Waals surface area contributed by atoms with Crippen LogP contribution in [0.4, 0.5) is 19.0 Å². The number of halogens is 3. The van der Waals surface area contributed by atoms with Crippen LogP contribution in [0.15, 0.2) is 24.5 Å². The van der Waals surface area contributed by atoms with Crippen LogP contribution in [0.3, 0.4) is 0 Å². The van der Waals surface area contributed by atoms with Gasteiger partial charge in [0, 0.05) is 29.6 Å². The van der Waals surface area contributed by atoms with Crippen LogP contribution in [-0.4, -0.2) is 51.0 Å². The Kier molecular flexibility index (Phi) is 7.27. The molecule has 2 N–H and O–H groups in total. The van der Waals surface area contributed by atoms with E-state index in [4.69, 9.17) is 0 Å². The zero-order valence-electron chi connectivity index (χ0n) is 21.0. The van der Waals surface area contributed by atoms with Crippen LogP contribution in [0, 0.1) is 5.92 Å². The van der Waals surface area contributed by atoms with E-state index in [0.717, 1.165) is 44.2 Å². The lowest BCUT2D eigenvalue weighted by molar-refractivity contribution is -0.137. The highest BCUT2D eigenvalue weighted by atomic mass is 19.4. The van der Waals surface area contributed by atoms with Gasteiger partial charge >= 0.3 is 6.18 Å². The number of carbonyl (C=O) groups excluding carboxylic acids is 1. The number of likely N-dealkylation sites (tertiary alicyclic amines) is 1. The third kappa shape index (κ3) is 5.88. The second kappa shape index (κ2) is 9.91. The van der Waals surface area contributed by atoms with Gasteiger partial charge in [-0.2, -0.15) is 13.2 Å². The molecule has 2 heterocycles. The fourth-order valence-corrected chi connectivity index (χ4v) is 5.76. The first-order valence-corrected chi connectivity index (χ1v) is 12.6. The summed E-state index contributed by atoms with van der Waals surface area (Å²) < 4.78 is 39.8. The van der Waals surface area contributed by atoms with Crippen molar-refractivity contribution in [2.45, 2.75) is 96.1 Å². The zero-order valence-corrected chi connectivity index (χ0v) is 21.0. The topological polar surface area (TPSA) is 70.2 Å². The standard InChI is InChI=1S/C26H36F3N5O/c1-5-6-16-13-18(33-25(2,3)4)8-10-22(16)34-12-11-21(24(34)35)32-23-19-14-17(26(27,28)29)7-9-20(19)30-15-31-23/h7,9,14-16,18,21-22,33H,5-6,8,10-13H2,1-4H3,(H,30,31,32)/t16-,18-,21+,22+/m1/s1. The second-order valence-electron chi connectivity index (χ2n) is 11.0. The molecule has 1 amide bonds. The number of fused-ring (bicyclic) bond motifs is 1. The molecule has 1 saturated carbocycles. The highest BCUT2D eigenvalue weighted by Gasteiger charge is 2.42. The van der Waals surface area contributed by atoms with Crippen LogP contribution in [0.5, 0.6) is 0 Å². The summed E-state index contributed by atoms with van der Waals surface area (Å²) in [4.78, 5) is 23.7. The Morgan fingerprint density at radius 1 is 1.11 bits per heavy atom. The van der Waals surface area contributed by atoms with E-state index in [9.17, 15) is 18.0 Å². The maximum absolute atomic E-state index is 13.5. The normalized spacial score (nSPS) is 25.9. The molecular weight excluding hydrogens is 455 g/mol. The fourth-order valence-electron chi connectivity index (χ4n) is 5.76. The molecule has 2 aliphatic rings. The maximum atomic E-state index is 13.5. The van der Waals surface area contributed by atoms with Gasteiger partial charge in [-0.25, -0.2) is 9.97 Å². The predicted octanol–water partition coefficient (Wildman–Crippen LogP) is 5.39. The molecule has 4 rings (SSSR count). The average molecular weight is 492 g/mol. The molecule has 1 aromatic carbocycles. The van der Waals surface area contributed by atoms with Crippen LogP contribution in [0.1, 0.15) is 71.8 Å². The summed E-state index contributed by atoms with van der Waals surface area (Å²) in [7, 11) is 0. The molecule has 1 aliphatic carbocycles. The van der Waals surface area contributed by atoms with Gasteiger partial charge in [0.1, 0.15) is 18.2 Å². The minimum Gasteiger partial charge on any atom is -0.358 e. The van der Waals surface area contributed by atoms with E-state index in [1.807, 2.05) is 4.90 Å². The third-order valence-corrected chi connectivity index (χ3v) is 7.15. The highest BCUT2D eigenvalue weighted by molar-refractivity contribution is 5.93. The molecule has 1 aromatic heterocycles. The summed E-state index contributed by atoms with van der Waals surface area (Å²) in [6, 6.07) is 3.55. The van der Waals surface area contributed by atoms with Gasteiger partial charge in [0.15, 0.2) is 0 Å². The smallest absolute Gasteiger partial charge is 0.358 e. The molecule has 2 aromatic rings. The highest BCUT2D eigenvalue weighted by Crippen LogP contribution is 2.36. The van der Waals surface area contributed by atoms with E-state index in [0.29, 0.717) is 30.4 Å². The van der Waals surface area contributed by atoms with Gasteiger partial charge in [0.05, 0.1) is 11.1 Å². The SMILES string of the molecule is CCC[C@@H]1C[C@H](NC(C)(C)C)CC[C@@H]1N1CC[C@H](Nc2ncnc3ccc(C(F)(F)F)cc23)C1=O. The third-order valence-electron chi connectivity index (χ3n) is 7.15. The summed E-state index contributed by atoms with van der Waals surface area (Å²) in [5.74, 6) is 0.715. The fraction of sp³-hybridized carbons (Fsp3) is 0.654. The van der Waals surface area contributed by atoms with Crippen molar-refractivity contribution in [3.05, 3.63) is 30.1 Å². The van der Waals surface area contributed by atoms with Crippen molar-refractivity contribution in [2.24, 2.45) is 5.92 Å². The maximum Gasteiger partial charge on any atom is 0.416 e. The number of nitrogens with one attached hydrogen (secondary N) is 2. The predicted molar refractivity (Wildman–Crippen MR) is 131 cm³/mol. The Hall–Kier alpha value is -2.42. The van der Waals surface area contributed by atoms with Crippen molar-refractivity contribution < 1.29 is 18.0 Å². The monoisotopic (exact) mass is 491 g/mol. The zero-order chi connectivity index (χ0) is 25.4. The molecule has 0 unspecified atom stereocenters. The summed E-state index contributed by atoms with van der Waals surface area (Å²) in [6.45, 7) is 9.38. The van der Waals surface area contributed by atoms with Gasteiger partial charge in [-0.1, -0.05) is 13.3 Å². The first-order chi connectivity index (χ1) is 16.5. The van der Waals surface area contributed by atoms with E-state index < -0.39 is 17.8 Å². The Labute approximate surface area is 205 Å². The number of anilines is 1. The molecular formula is C26H36F3N5O. The molecule has 4 atom stereocenters. The minimum absolute atomic E-state index is 0.0112. The summed E-state index contributed by atoms with van der Waals surface area (Å²) >= 11 is 0. The summed E-state index contributed by atoms with van der Waals surface area (Å²) in [6.07, 6.45) is 2.64. The van der Waals surface area contributed by atoms with Crippen molar-refractivity contribution in [1.29, 1.82) is 0 Å². The Morgan fingerprint density at radius 2 is 1.89 bits per heavy atom. The largest absolute Gasteiger partial charge is 0.416 e. The molecule has 0 radical (unpaired) electrons. The van der Waals surface area contributed by atoms with Crippen molar-refractivity contribution in [3.8, 4) is 0 Å². The number of hydrogen-bond acceptors (Lipinski definition) is 5. The number of aromatic nitrogens is 2. The number of carbonyl (C=O) groups is 1. The van der Waals surface area contributed by atoms with Crippen LogP contribution in [-0.2, 0) is 11.0 Å². The molecule has 1 aliphatic heterocycles. The lowest BCUT2D eigenvalue weighted by Gasteiger charge is -2.43. The van der Waals surface area contributed by atoms with E-state index in [1.54, 1.807) is 0 Å². The number of amides is 1. The van der Waals surface area contributed by atoms with Crippen LogP contribution >= 0.6 is 0 Å². The Balaban J connectivity index is 1.49. The second-order valence-corrected chi connectivity index (χ2v) is 11.0. The molecule has 6 nitrogen and oxygen atoms in total. The Bertz CT molecular complexity index is 1050. The molecule has 35 heavy (non-hydrogen) atoms. The van der Waals surface area contributed by atoms with Crippen LogP contribution in [0.2, 0.25) is 0 Å². The lowest BCUT2D eigenvalue weighted by atomic mass is 9.78. The van der Waals surface area contributed by atoms with Gasteiger partial charge in [-0.05, 0) is 77.0 Å². The Morgan fingerprint density at radius 3 is 2.57 bits per heavy atom. The average Bonchev–Trinajstić information content (AvgIpc) is 3.12. The van der Waals surface area contributed by atoms with Gasteiger partial charge in [-0.15, -0.1) is 0 Å². The number of alkyl halides is 3. The molecule has 0 bridgehead atoms. The molecule has 1 saturated heterocycles. The number of benzene rings is 1. The molecule has 9 heteroatoms. The summed E-state index contributed by atoms with van der Waals surface area (Å²) in [5.41, 5.74) is -0.297. The first kappa shape index (κ1) is 25.7. The van der Waals surface area contributed by atoms with Crippen LogP contribution in [0.25, 0.3) is 10.9 Å². The van der Waals surface area contributed by atoms with E-state index >= 15 is 0 Å². The van der Waals surface area contributed by atoms with E-state index in [1.165, 1.54) is 12.4 Å². The number of rotatable bonds is 6. The van der Waals surface area contributed by atoms with Crippen molar-refractivity contribution in [1.82, 2.24) is 20.2 Å². The van der Waals surface area contributed by atoms with Gasteiger partial charge in [0.2, 0.25) is 5.91 Å². The number of hydrogen-bond donors (Lipinski definition) is 2. The van der Waals surface area contributed by atoms with Crippen molar-refractivity contribution in [3.63, 3.8) is 0 Å².